The molecule has 118 valence electrons. The first-order chi connectivity index (χ1) is 10.2. The van der Waals surface area contributed by atoms with E-state index >= 15 is 0 Å². The van der Waals surface area contributed by atoms with Crippen molar-refractivity contribution in [2.45, 2.75) is 39.2 Å². The maximum Gasteiger partial charge on any atom is 0.270 e. The van der Waals surface area contributed by atoms with Gasteiger partial charge in [0.2, 0.25) is 0 Å². The minimum Gasteiger partial charge on any atom is -0.342 e. The fourth-order valence-corrected chi connectivity index (χ4v) is 3.24. The fourth-order valence-electron chi connectivity index (χ4n) is 3.01. The summed E-state index contributed by atoms with van der Waals surface area (Å²) in [6.45, 7) is 5.74. The van der Waals surface area contributed by atoms with Crippen LogP contribution < -0.4 is 5.32 Å². The molecular formula is C16H26ClN3O. The molecule has 4 nitrogen and oxygen atoms in total. The highest BCUT2D eigenvalue weighted by molar-refractivity contribution is 6.31. The highest BCUT2D eigenvalue weighted by atomic mass is 35.5. The number of rotatable bonds is 6. The predicted octanol–water partition coefficient (Wildman–Crippen LogP) is 3.01. The third kappa shape index (κ3) is 4.24. The average Bonchev–Trinajstić information content (AvgIpc) is 2.86. The molecule has 5 heteroatoms. The van der Waals surface area contributed by atoms with E-state index in [1.807, 2.05) is 22.7 Å². The molecule has 0 spiro atoms. The molecule has 0 unspecified atom stereocenters. The number of piperidine rings is 1. The number of aryl methyl sites for hydroxylation is 1. The summed E-state index contributed by atoms with van der Waals surface area (Å²) in [6, 6.07) is 1.80. The van der Waals surface area contributed by atoms with E-state index in [9.17, 15) is 4.79 Å². The highest BCUT2D eigenvalue weighted by Crippen LogP contribution is 2.23. The summed E-state index contributed by atoms with van der Waals surface area (Å²) in [5.74, 6) is 0.870. The van der Waals surface area contributed by atoms with Gasteiger partial charge in [0.15, 0.2) is 0 Å². The molecule has 1 aliphatic heterocycles. The van der Waals surface area contributed by atoms with Gasteiger partial charge in [-0.15, -0.1) is 0 Å². The van der Waals surface area contributed by atoms with Gasteiger partial charge >= 0.3 is 0 Å². The minimum atomic E-state index is 0.127. The lowest BCUT2D eigenvalue weighted by Crippen LogP contribution is -2.39. The molecule has 0 saturated carbocycles. The molecule has 0 aromatic carbocycles. The van der Waals surface area contributed by atoms with Crippen LogP contribution in [0, 0.1) is 5.92 Å². The van der Waals surface area contributed by atoms with Gasteiger partial charge in [-0.2, -0.15) is 0 Å². The quantitative estimate of drug-likeness (QED) is 0.877. The van der Waals surface area contributed by atoms with E-state index in [2.05, 4.69) is 12.2 Å². The molecule has 1 fully saturated rings. The molecule has 0 atom stereocenters. The van der Waals surface area contributed by atoms with E-state index < -0.39 is 0 Å². The lowest BCUT2D eigenvalue weighted by atomic mass is 9.93. The summed E-state index contributed by atoms with van der Waals surface area (Å²) in [5.41, 5.74) is 0.732. The Labute approximate surface area is 132 Å². The number of halogens is 1. The van der Waals surface area contributed by atoms with Gasteiger partial charge in [0.25, 0.3) is 5.91 Å². The molecule has 2 rings (SSSR count). The Kier molecular flexibility index (Phi) is 6.12. The van der Waals surface area contributed by atoms with E-state index in [0.29, 0.717) is 5.02 Å². The first kappa shape index (κ1) is 16.4. The van der Waals surface area contributed by atoms with Crippen LogP contribution in [0.3, 0.4) is 0 Å². The predicted molar refractivity (Wildman–Crippen MR) is 86.9 cm³/mol. The average molecular weight is 312 g/mol. The topological polar surface area (TPSA) is 37.3 Å². The van der Waals surface area contributed by atoms with Crippen molar-refractivity contribution in [3.05, 3.63) is 23.0 Å². The summed E-state index contributed by atoms with van der Waals surface area (Å²) in [4.78, 5) is 14.6. The van der Waals surface area contributed by atoms with E-state index in [4.69, 9.17) is 11.6 Å². The van der Waals surface area contributed by atoms with Crippen LogP contribution in [0.1, 0.15) is 43.1 Å². The van der Waals surface area contributed by atoms with Crippen molar-refractivity contribution >= 4 is 17.5 Å². The molecule has 1 N–H and O–H groups in total. The number of aromatic nitrogens is 1. The first-order valence-electron chi connectivity index (χ1n) is 7.95. The van der Waals surface area contributed by atoms with Crippen LogP contribution in [0.4, 0.5) is 0 Å². The van der Waals surface area contributed by atoms with Crippen LogP contribution in [0.2, 0.25) is 5.02 Å². The Morgan fingerprint density at radius 3 is 2.76 bits per heavy atom. The monoisotopic (exact) mass is 311 g/mol. The van der Waals surface area contributed by atoms with E-state index in [1.54, 1.807) is 6.07 Å². The van der Waals surface area contributed by atoms with Gasteiger partial charge in [0.05, 0.1) is 5.02 Å². The van der Waals surface area contributed by atoms with Gasteiger partial charge in [-0.25, -0.2) is 0 Å². The SMILES string of the molecule is CCCn1cc(Cl)cc1C(=O)N1CCC(CCNC)CC1. The molecule has 1 saturated heterocycles. The van der Waals surface area contributed by atoms with Crippen LogP contribution >= 0.6 is 11.6 Å². The van der Waals surface area contributed by atoms with Crippen LogP contribution in [0.15, 0.2) is 12.3 Å². The molecule has 0 bridgehead atoms. The second-order valence-corrected chi connectivity index (χ2v) is 6.30. The molecule has 21 heavy (non-hydrogen) atoms. The van der Waals surface area contributed by atoms with Gasteiger partial charge in [-0.1, -0.05) is 18.5 Å². The summed E-state index contributed by atoms with van der Waals surface area (Å²) in [7, 11) is 1.99. The summed E-state index contributed by atoms with van der Waals surface area (Å²) >= 11 is 6.07. The van der Waals surface area contributed by atoms with Crippen LogP contribution in [-0.2, 0) is 6.54 Å². The Balaban J connectivity index is 1.95. The number of nitrogens with zero attached hydrogens (tertiary/aromatic N) is 2. The maximum absolute atomic E-state index is 12.7. The summed E-state index contributed by atoms with van der Waals surface area (Å²) in [6.07, 6.45) is 6.27. The highest BCUT2D eigenvalue weighted by Gasteiger charge is 2.25. The van der Waals surface area contributed by atoms with E-state index in [-0.39, 0.29) is 5.91 Å². The third-order valence-corrected chi connectivity index (χ3v) is 4.46. The number of amides is 1. The largest absolute Gasteiger partial charge is 0.342 e. The molecule has 1 amide bonds. The van der Waals surface area contributed by atoms with Crippen LogP contribution in [-0.4, -0.2) is 42.1 Å². The number of hydrogen-bond donors (Lipinski definition) is 1. The molecule has 1 aliphatic rings. The van der Waals surface area contributed by atoms with Crippen molar-refractivity contribution in [3.63, 3.8) is 0 Å². The van der Waals surface area contributed by atoms with Gasteiger partial charge in [-0.05, 0) is 51.3 Å². The number of hydrogen-bond acceptors (Lipinski definition) is 2. The Morgan fingerprint density at radius 2 is 2.14 bits per heavy atom. The van der Waals surface area contributed by atoms with Crippen molar-refractivity contribution in [1.82, 2.24) is 14.8 Å². The van der Waals surface area contributed by atoms with Crippen LogP contribution in [0.5, 0.6) is 0 Å². The zero-order valence-electron chi connectivity index (χ0n) is 13.1. The number of nitrogens with one attached hydrogen (secondary N) is 1. The van der Waals surface area contributed by atoms with Crippen LogP contribution in [0.25, 0.3) is 0 Å². The van der Waals surface area contributed by atoms with E-state index in [1.165, 1.54) is 6.42 Å². The molecule has 1 aromatic heterocycles. The number of carbonyl (C=O) groups is 1. The van der Waals surface area contributed by atoms with Gasteiger partial charge in [-0.3, -0.25) is 4.79 Å². The van der Waals surface area contributed by atoms with Crippen molar-refractivity contribution in [3.8, 4) is 0 Å². The second-order valence-electron chi connectivity index (χ2n) is 5.86. The van der Waals surface area contributed by atoms with Crippen molar-refractivity contribution in [2.75, 3.05) is 26.7 Å². The van der Waals surface area contributed by atoms with E-state index in [0.717, 1.165) is 57.1 Å². The summed E-state index contributed by atoms with van der Waals surface area (Å²) < 4.78 is 1.98. The van der Waals surface area contributed by atoms with Crippen molar-refractivity contribution < 1.29 is 4.79 Å². The minimum absolute atomic E-state index is 0.127. The standard InChI is InChI=1S/C16H26ClN3O/c1-3-8-20-12-14(17)11-15(20)16(21)19-9-5-13(6-10-19)4-7-18-2/h11-13,18H,3-10H2,1-2H3. The lowest BCUT2D eigenvalue weighted by molar-refractivity contribution is 0.0676. The molecule has 1 aromatic rings. The van der Waals surface area contributed by atoms with Crippen molar-refractivity contribution in [2.24, 2.45) is 5.92 Å². The van der Waals surface area contributed by atoms with Gasteiger partial charge in [0.1, 0.15) is 5.69 Å². The third-order valence-electron chi connectivity index (χ3n) is 4.25. The van der Waals surface area contributed by atoms with Gasteiger partial charge in [0, 0.05) is 25.8 Å². The molecule has 0 radical (unpaired) electrons. The molecular weight excluding hydrogens is 286 g/mol. The molecule has 0 aliphatic carbocycles. The zero-order chi connectivity index (χ0) is 15.2. The van der Waals surface area contributed by atoms with Crippen molar-refractivity contribution in [1.29, 1.82) is 0 Å². The zero-order valence-corrected chi connectivity index (χ0v) is 13.8. The Hall–Kier alpha value is -1.00. The lowest BCUT2D eigenvalue weighted by Gasteiger charge is -2.32. The number of likely N-dealkylation sites (tertiary alicyclic amines) is 1. The Bertz CT molecular complexity index is 464. The molecule has 2 heterocycles. The Morgan fingerprint density at radius 1 is 1.43 bits per heavy atom. The first-order valence-corrected chi connectivity index (χ1v) is 8.33. The fraction of sp³-hybridized carbons (Fsp3) is 0.688. The normalized spacial score (nSPS) is 16.4. The van der Waals surface area contributed by atoms with Gasteiger partial charge < -0.3 is 14.8 Å². The number of carbonyl (C=O) groups excluding carboxylic acids is 1. The smallest absolute Gasteiger partial charge is 0.270 e. The second kappa shape index (κ2) is 7.85. The summed E-state index contributed by atoms with van der Waals surface area (Å²) in [5, 5.41) is 3.85. The maximum atomic E-state index is 12.7.